The van der Waals surface area contributed by atoms with Crippen LogP contribution in [0.1, 0.15) is 16.9 Å². The molecule has 3 aromatic carbocycles. The van der Waals surface area contributed by atoms with Gasteiger partial charge in [-0.2, -0.15) is 0 Å². The van der Waals surface area contributed by atoms with Gasteiger partial charge in [-0.1, -0.05) is 36.4 Å². The van der Waals surface area contributed by atoms with Crippen molar-refractivity contribution in [3.63, 3.8) is 0 Å². The van der Waals surface area contributed by atoms with Crippen LogP contribution in [0.25, 0.3) is 36.3 Å². The van der Waals surface area contributed by atoms with Crippen molar-refractivity contribution in [2.75, 3.05) is 5.32 Å². The first-order valence-corrected chi connectivity index (χ1v) is 10.9. The highest BCUT2D eigenvalue weighted by Crippen LogP contribution is 2.38. The Balaban J connectivity index is 1.41. The van der Waals surface area contributed by atoms with Crippen LogP contribution in [0.15, 0.2) is 66.7 Å². The van der Waals surface area contributed by atoms with E-state index in [-0.39, 0.29) is 0 Å². The van der Waals surface area contributed by atoms with E-state index in [9.17, 15) is 0 Å². The Hall–Kier alpha value is -2.62. The number of anilines is 2. The van der Waals surface area contributed by atoms with Crippen molar-refractivity contribution in [2.24, 2.45) is 0 Å². The molecule has 1 nitrogen and oxygen atoms in total. The average molecular weight is 384 g/mol. The van der Waals surface area contributed by atoms with Gasteiger partial charge < -0.3 is 5.32 Å². The Morgan fingerprint density at radius 2 is 1.56 bits per heavy atom. The van der Waals surface area contributed by atoms with E-state index in [1.165, 1.54) is 53.5 Å². The van der Waals surface area contributed by atoms with Crippen LogP contribution >= 0.6 is 22.7 Å². The van der Waals surface area contributed by atoms with Gasteiger partial charge in [0, 0.05) is 46.5 Å². The second kappa shape index (κ2) is 5.95. The van der Waals surface area contributed by atoms with Gasteiger partial charge in [-0.15, -0.1) is 22.7 Å². The highest BCUT2D eigenvalue weighted by atomic mass is 32.1. The molecule has 0 fully saturated rings. The summed E-state index contributed by atoms with van der Waals surface area (Å²) in [7, 11) is 0. The molecule has 0 bridgehead atoms. The van der Waals surface area contributed by atoms with Gasteiger partial charge in [-0.3, -0.25) is 0 Å². The molecule has 2 heterocycles. The maximum atomic E-state index is 3.62. The molecule has 0 unspecified atom stereocenters. The van der Waals surface area contributed by atoms with Crippen molar-refractivity contribution < 1.29 is 0 Å². The summed E-state index contributed by atoms with van der Waals surface area (Å²) in [5.74, 6) is 0. The summed E-state index contributed by atoms with van der Waals surface area (Å²) in [6.07, 6.45) is 6.93. The Morgan fingerprint density at radius 1 is 0.704 bits per heavy atom. The zero-order valence-corrected chi connectivity index (χ0v) is 16.3. The van der Waals surface area contributed by atoms with Gasteiger partial charge in [0.05, 0.1) is 0 Å². The summed E-state index contributed by atoms with van der Waals surface area (Å²) in [6.45, 7) is 0. The molecule has 1 aliphatic carbocycles. The second-order valence-electron chi connectivity index (χ2n) is 7.03. The number of aryl methyl sites for hydroxylation is 1. The summed E-state index contributed by atoms with van der Waals surface area (Å²) in [4.78, 5) is 1.52. The molecule has 0 atom stereocenters. The third kappa shape index (κ3) is 2.50. The van der Waals surface area contributed by atoms with Crippen LogP contribution in [0.4, 0.5) is 11.4 Å². The number of rotatable bonds is 2. The lowest BCUT2D eigenvalue weighted by molar-refractivity contribution is 1.02. The topological polar surface area (TPSA) is 12.0 Å². The molecule has 0 spiro atoms. The molecule has 6 rings (SSSR count). The first-order valence-electron chi connectivity index (χ1n) is 9.25. The molecule has 0 saturated carbocycles. The van der Waals surface area contributed by atoms with E-state index in [1.54, 1.807) is 0 Å². The number of allylic oxidation sites excluding steroid dienone is 1. The van der Waals surface area contributed by atoms with Gasteiger partial charge in [0.1, 0.15) is 0 Å². The van der Waals surface area contributed by atoms with E-state index in [4.69, 9.17) is 0 Å². The lowest BCUT2D eigenvalue weighted by Crippen LogP contribution is -1.89. The molecule has 1 aliphatic rings. The van der Waals surface area contributed by atoms with Crippen LogP contribution in [0.2, 0.25) is 0 Å². The van der Waals surface area contributed by atoms with Crippen molar-refractivity contribution in [3.05, 3.63) is 77.2 Å². The summed E-state index contributed by atoms with van der Waals surface area (Å²) in [5.41, 5.74) is 3.73. The number of nitrogens with one attached hydrogen (secondary N) is 1. The standard InChI is InChI=1S/C24H17NS2/c1-3-7-21-17(5-1)19-11-9-16(14-24(19)27-21)25-15-10-12-23-20(13-15)18-6-2-4-8-22(18)26-23/h1-2,4-6,8-14,25H,3,7H2. The quantitative estimate of drug-likeness (QED) is 0.326. The van der Waals surface area contributed by atoms with Crippen LogP contribution in [0, 0.1) is 0 Å². The van der Waals surface area contributed by atoms with E-state index in [0.29, 0.717) is 0 Å². The third-order valence-electron chi connectivity index (χ3n) is 5.29. The minimum Gasteiger partial charge on any atom is -0.355 e. The predicted octanol–water partition coefficient (Wildman–Crippen LogP) is 7.97. The molecular formula is C24H17NS2. The van der Waals surface area contributed by atoms with Gasteiger partial charge in [0.15, 0.2) is 0 Å². The molecule has 0 saturated heterocycles. The number of hydrogen-bond donors (Lipinski definition) is 1. The summed E-state index contributed by atoms with van der Waals surface area (Å²) in [5, 5.41) is 7.68. The van der Waals surface area contributed by atoms with Gasteiger partial charge in [-0.05, 0) is 54.8 Å². The molecule has 5 aromatic rings. The summed E-state index contributed by atoms with van der Waals surface area (Å²) >= 11 is 3.80. The van der Waals surface area contributed by atoms with Crippen LogP contribution in [0.5, 0.6) is 0 Å². The monoisotopic (exact) mass is 383 g/mol. The normalized spacial score (nSPS) is 13.5. The molecule has 0 aliphatic heterocycles. The fourth-order valence-corrected chi connectivity index (χ4v) is 6.33. The Morgan fingerprint density at radius 3 is 2.56 bits per heavy atom. The molecule has 2 aromatic heterocycles. The summed E-state index contributed by atoms with van der Waals surface area (Å²) in [6, 6.07) is 22.1. The first-order chi connectivity index (χ1) is 13.3. The van der Waals surface area contributed by atoms with E-state index < -0.39 is 0 Å². The second-order valence-corrected chi connectivity index (χ2v) is 9.25. The fourth-order valence-electron chi connectivity index (χ4n) is 4.00. The zero-order chi connectivity index (χ0) is 17.8. The molecule has 130 valence electrons. The van der Waals surface area contributed by atoms with E-state index in [0.717, 1.165) is 11.4 Å². The van der Waals surface area contributed by atoms with Crippen LogP contribution in [0.3, 0.4) is 0 Å². The zero-order valence-electron chi connectivity index (χ0n) is 14.7. The van der Waals surface area contributed by atoms with Crippen LogP contribution in [-0.4, -0.2) is 0 Å². The minimum atomic E-state index is 1.15. The number of hydrogen-bond acceptors (Lipinski definition) is 3. The van der Waals surface area contributed by atoms with Crippen molar-refractivity contribution in [2.45, 2.75) is 12.8 Å². The highest BCUT2D eigenvalue weighted by Gasteiger charge is 2.13. The lowest BCUT2D eigenvalue weighted by atomic mass is 10.0. The number of fused-ring (bicyclic) bond motifs is 6. The molecule has 0 amide bonds. The number of benzene rings is 3. The molecular weight excluding hydrogens is 366 g/mol. The molecule has 1 N–H and O–H groups in total. The largest absolute Gasteiger partial charge is 0.355 e. The number of thiophene rings is 2. The third-order valence-corrected chi connectivity index (χ3v) is 7.67. The van der Waals surface area contributed by atoms with E-state index in [1.807, 2.05) is 22.7 Å². The molecule has 27 heavy (non-hydrogen) atoms. The van der Waals surface area contributed by atoms with Gasteiger partial charge >= 0.3 is 0 Å². The SMILES string of the molecule is C1=Cc2c(sc3cc(Nc4ccc5sc6ccccc6c5c4)ccc23)CC1. The molecule has 0 radical (unpaired) electrons. The van der Waals surface area contributed by atoms with Crippen molar-refractivity contribution in [1.29, 1.82) is 0 Å². The Kier molecular flexibility index (Phi) is 3.40. The minimum absolute atomic E-state index is 1.15. The van der Waals surface area contributed by atoms with Crippen molar-refractivity contribution in [1.82, 2.24) is 0 Å². The molecule has 3 heteroatoms. The van der Waals surface area contributed by atoms with E-state index >= 15 is 0 Å². The Labute approximate surface area is 165 Å². The smallest absolute Gasteiger partial charge is 0.0398 e. The van der Waals surface area contributed by atoms with Crippen LogP contribution < -0.4 is 5.32 Å². The maximum absolute atomic E-state index is 3.62. The maximum Gasteiger partial charge on any atom is 0.0398 e. The summed E-state index contributed by atoms with van der Waals surface area (Å²) < 4.78 is 4.07. The Bertz CT molecular complexity index is 1350. The lowest BCUT2D eigenvalue weighted by Gasteiger charge is -2.07. The highest BCUT2D eigenvalue weighted by molar-refractivity contribution is 7.25. The van der Waals surface area contributed by atoms with Crippen molar-refractivity contribution in [3.8, 4) is 0 Å². The van der Waals surface area contributed by atoms with E-state index in [2.05, 4.69) is 78.1 Å². The van der Waals surface area contributed by atoms with Crippen LogP contribution in [-0.2, 0) is 6.42 Å². The fraction of sp³-hybridized carbons (Fsp3) is 0.0833. The first kappa shape index (κ1) is 15.4. The predicted molar refractivity (Wildman–Crippen MR) is 122 cm³/mol. The average Bonchev–Trinajstić information content (AvgIpc) is 3.25. The van der Waals surface area contributed by atoms with Gasteiger partial charge in [-0.25, -0.2) is 0 Å². The van der Waals surface area contributed by atoms with Gasteiger partial charge in [0.2, 0.25) is 0 Å². The van der Waals surface area contributed by atoms with Gasteiger partial charge in [0.25, 0.3) is 0 Å². The van der Waals surface area contributed by atoms with Crippen molar-refractivity contribution >= 4 is 70.4 Å².